The minimum Gasteiger partial charge on any atom is -0.317 e. The summed E-state index contributed by atoms with van der Waals surface area (Å²) in [4.78, 5) is 2.43. The first-order chi connectivity index (χ1) is 8.66. The largest absolute Gasteiger partial charge is 0.317 e. The van der Waals surface area contributed by atoms with Crippen LogP contribution in [0.1, 0.15) is 24.8 Å². The van der Waals surface area contributed by atoms with Crippen LogP contribution in [-0.4, -0.2) is 31.1 Å². The van der Waals surface area contributed by atoms with Crippen molar-refractivity contribution < 1.29 is 0 Å². The summed E-state index contributed by atoms with van der Waals surface area (Å²) in [5, 5.41) is 4.31. The lowest BCUT2D eigenvalue weighted by Crippen LogP contribution is -2.32. The lowest BCUT2D eigenvalue weighted by atomic mass is 10.1. The van der Waals surface area contributed by atoms with E-state index in [-0.39, 0.29) is 12.4 Å². The van der Waals surface area contributed by atoms with Gasteiger partial charge in [0.2, 0.25) is 0 Å². The van der Waals surface area contributed by atoms with Crippen LogP contribution in [0.4, 0.5) is 0 Å². The van der Waals surface area contributed by atoms with Gasteiger partial charge in [-0.05, 0) is 57.1 Å². The van der Waals surface area contributed by atoms with Gasteiger partial charge in [-0.25, -0.2) is 0 Å². The van der Waals surface area contributed by atoms with Crippen LogP contribution in [0.15, 0.2) is 22.7 Å². The third-order valence-electron chi connectivity index (χ3n) is 3.60. The third-order valence-corrected chi connectivity index (χ3v) is 4.45. The van der Waals surface area contributed by atoms with Crippen LogP contribution in [0, 0.1) is 0 Å². The highest BCUT2D eigenvalue weighted by atomic mass is 79.9. The third kappa shape index (κ3) is 5.24. The molecule has 0 amide bonds. The van der Waals surface area contributed by atoms with Crippen molar-refractivity contribution in [3.63, 3.8) is 0 Å². The molecule has 5 heteroatoms. The Hall–Kier alpha value is 0.200. The molecule has 1 heterocycles. The normalized spacial score (nSPS) is 19.9. The Morgan fingerprint density at radius 1 is 1.37 bits per heavy atom. The number of hydrogen-bond acceptors (Lipinski definition) is 2. The molecular formula is C14H21BrCl2N2. The molecule has 2 nitrogen and oxygen atoms in total. The second-order valence-electron chi connectivity index (χ2n) is 4.99. The molecular weight excluding hydrogens is 347 g/mol. The van der Waals surface area contributed by atoms with Gasteiger partial charge in [0.05, 0.1) is 0 Å². The minimum atomic E-state index is 0. The Labute approximate surface area is 135 Å². The zero-order valence-electron chi connectivity index (χ0n) is 11.2. The lowest BCUT2D eigenvalue weighted by molar-refractivity contribution is 0.216. The molecule has 0 aliphatic carbocycles. The van der Waals surface area contributed by atoms with E-state index in [1.807, 2.05) is 6.07 Å². The Morgan fingerprint density at radius 2 is 2.16 bits per heavy atom. The van der Waals surface area contributed by atoms with Crippen molar-refractivity contribution in [2.75, 3.05) is 20.1 Å². The number of rotatable bonds is 3. The summed E-state index contributed by atoms with van der Waals surface area (Å²) in [6.45, 7) is 3.21. The van der Waals surface area contributed by atoms with E-state index in [4.69, 9.17) is 11.6 Å². The molecule has 1 aromatic carbocycles. The zero-order valence-corrected chi connectivity index (χ0v) is 14.3. The van der Waals surface area contributed by atoms with E-state index in [2.05, 4.69) is 45.3 Å². The highest BCUT2D eigenvalue weighted by Gasteiger charge is 2.17. The summed E-state index contributed by atoms with van der Waals surface area (Å²) in [5.74, 6) is 0. The summed E-state index contributed by atoms with van der Waals surface area (Å²) in [7, 11) is 2.20. The van der Waals surface area contributed by atoms with Crippen molar-refractivity contribution in [2.45, 2.75) is 31.8 Å². The molecule has 1 aromatic rings. The van der Waals surface area contributed by atoms with Gasteiger partial charge in [0, 0.05) is 22.1 Å². The maximum absolute atomic E-state index is 6.28. The van der Waals surface area contributed by atoms with E-state index in [9.17, 15) is 0 Å². The van der Waals surface area contributed by atoms with Crippen molar-refractivity contribution in [1.82, 2.24) is 10.2 Å². The number of nitrogens with zero attached hydrogens (tertiary/aromatic N) is 1. The fourth-order valence-electron chi connectivity index (χ4n) is 2.49. The van der Waals surface area contributed by atoms with Gasteiger partial charge in [-0.15, -0.1) is 12.4 Å². The van der Waals surface area contributed by atoms with Gasteiger partial charge in [0.15, 0.2) is 0 Å². The number of hydrogen-bond donors (Lipinski definition) is 1. The molecule has 0 radical (unpaired) electrons. The Kier molecular flexibility index (Phi) is 7.70. The molecule has 1 fully saturated rings. The van der Waals surface area contributed by atoms with Gasteiger partial charge in [-0.1, -0.05) is 33.6 Å². The van der Waals surface area contributed by atoms with E-state index < -0.39 is 0 Å². The van der Waals surface area contributed by atoms with Crippen LogP contribution in [0.5, 0.6) is 0 Å². The fraction of sp³-hybridized carbons (Fsp3) is 0.571. The molecule has 0 spiro atoms. The molecule has 0 aromatic heterocycles. The topological polar surface area (TPSA) is 15.3 Å². The summed E-state index contributed by atoms with van der Waals surface area (Å²) >= 11 is 9.72. The average Bonchev–Trinajstić information content (AvgIpc) is 2.61. The molecule has 2 rings (SSSR count). The van der Waals surface area contributed by atoms with E-state index >= 15 is 0 Å². The second kappa shape index (κ2) is 8.48. The standard InChI is InChI=1S/C14H20BrClN2.ClH/c1-18(13-3-2-7-17-8-6-13)10-11-4-5-12(15)9-14(11)16;/h4-5,9,13,17H,2-3,6-8,10H2,1H3;1H. The molecule has 19 heavy (non-hydrogen) atoms. The SMILES string of the molecule is CN(Cc1ccc(Br)cc1Cl)C1CCCNCC1.Cl. The Morgan fingerprint density at radius 3 is 2.89 bits per heavy atom. The molecule has 1 saturated heterocycles. The van der Waals surface area contributed by atoms with E-state index in [1.54, 1.807) is 0 Å². The summed E-state index contributed by atoms with van der Waals surface area (Å²) in [5.41, 5.74) is 1.21. The maximum atomic E-state index is 6.28. The number of halogens is 3. The first kappa shape index (κ1) is 17.3. The summed E-state index contributed by atoms with van der Waals surface area (Å²) < 4.78 is 1.04. The van der Waals surface area contributed by atoms with Crippen molar-refractivity contribution in [3.05, 3.63) is 33.3 Å². The van der Waals surface area contributed by atoms with Crippen LogP contribution >= 0.6 is 39.9 Å². The fourth-order valence-corrected chi connectivity index (χ4v) is 3.22. The Balaban J connectivity index is 0.00000180. The summed E-state index contributed by atoms with van der Waals surface area (Å²) in [6.07, 6.45) is 3.77. The monoisotopic (exact) mass is 366 g/mol. The second-order valence-corrected chi connectivity index (χ2v) is 6.31. The highest BCUT2D eigenvalue weighted by Crippen LogP contribution is 2.24. The highest BCUT2D eigenvalue weighted by molar-refractivity contribution is 9.10. The predicted molar refractivity (Wildman–Crippen MR) is 88.4 cm³/mol. The molecule has 0 saturated carbocycles. The van der Waals surface area contributed by atoms with Crippen LogP contribution in [0.25, 0.3) is 0 Å². The number of nitrogens with one attached hydrogen (secondary N) is 1. The molecule has 1 N–H and O–H groups in total. The molecule has 1 atom stereocenters. The summed E-state index contributed by atoms with van der Waals surface area (Å²) in [6, 6.07) is 6.81. The van der Waals surface area contributed by atoms with E-state index in [1.165, 1.54) is 24.8 Å². The first-order valence-corrected chi connectivity index (χ1v) is 7.69. The quantitative estimate of drug-likeness (QED) is 0.865. The van der Waals surface area contributed by atoms with Crippen molar-refractivity contribution in [3.8, 4) is 0 Å². The van der Waals surface area contributed by atoms with Gasteiger partial charge < -0.3 is 5.32 Å². The van der Waals surface area contributed by atoms with E-state index in [0.29, 0.717) is 6.04 Å². The van der Waals surface area contributed by atoms with Crippen molar-refractivity contribution in [2.24, 2.45) is 0 Å². The van der Waals surface area contributed by atoms with Gasteiger partial charge in [-0.3, -0.25) is 4.90 Å². The van der Waals surface area contributed by atoms with E-state index in [0.717, 1.165) is 29.1 Å². The molecule has 1 unspecified atom stereocenters. The first-order valence-electron chi connectivity index (χ1n) is 6.51. The zero-order chi connectivity index (χ0) is 13.0. The molecule has 1 aliphatic heterocycles. The van der Waals surface area contributed by atoms with Gasteiger partial charge in [-0.2, -0.15) is 0 Å². The molecule has 1 aliphatic rings. The predicted octanol–water partition coefficient (Wildman–Crippen LogP) is 4.10. The van der Waals surface area contributed by atoms with Crippen molar-refractivity contribution in [1.29, 1.82) is 0 Å². The van der Waals surface area contributed by atoms with Gasteiger partial charge >= 0.3 is 0 Å². The van der Waals surface area contributed by atoms with Crippen LogP contribution < -0.4 is 5.32 Å². The van der Waals surface area contributed by atoms with Crippen LogP contribution in [0.2, 0.25) is 5.02 Å². The molecule has 0 bridgehead atoms. The lowest BCUT2D eigenvalue weighted by Gasteiger charge is -2.27. The average molecular weight is 368 g/mol. The number of benzene rings is 1. The van der Waals surface area contributed by atoms with Crippen LogP contribution in [-0.2, 0) is 6.54 Å². The Bertz CT molecular complexity index is 393. The van der Waals surface area contributed by atoms with Crippen LogP contribution in [0.3, 0.4) is 0 Å². The minimum absolute atomic E-state index is 0. The van der Waals surface area contributed by atoms with Crippen molar-refractivity contribution >= 4 is 39.9 Å². The smallest absolute Gasteiger partial charge is 0.0462 e. The molecule has 108 valence electrons. The van der Waals surface area contributed by atoms with Gasteiger partial charge in [0.1, 0.15) is 0 Å². The van der Waals surface area contributed by atoms with Gasteiger partial charge in [0.25, 0.3) is 0 Å². The maximum Gasteiger partial charge on any atom is 0.0462 e.